The summed E-state index contributed by atoms with van der Waals surface area (Å²) in [5.74, 6) is 1.87. The molecule has 10 rings (SSSR count). The maximum absolute atomic E-state index is 6.65. The molecule has 6 nitrogen and oxygen atoms in total. The number of rotatable bonds is 5. The Hall–Kier alpha value is -7.05. The summed E-state index contributed by atoms with van der Waals surface area (Å²) in [6, 6.07) is 51.2. The molecule has 0 radical (unpaired) electrons. The Morgan fingerprint density at radius 3 is 1.76 bits per heavy atom. The number of hydrogen-bond donors (Lipinski definition) is 0. The van der Waals surface area contributed by atoms with E-state index < -0.39 is 0 Å². The van der Waals surface area contributed by atoms with Gasteiger partial charge in [-0.05, 0) is 34.5 Å². The molecule has 0 aliphatic carbocycles. The van der Waals surface area contributed by atoms with Crippen molar-refractivity contribution in [2.75, 3.05) is 0 Å². The van der Waals surface area contributed by atoms with Gasteiger partial charge in [-0.1, -0.05) is 133 Å². The molecular weight excluding hydrogens is 627 g/mol. The molecule has 4 heterocycles. The van der Waals surface area contributed by atoms with E-state index in [0.717, 1.165) is 82.7 Å². The van der Waals surface area contributed by atoms with Gasteiger partial charge in [0.05, 0.1) is 5.52 Å². The van der Waals surface area contributed by atoms with Crippen molar-refractivity contribution in [3.05, 3.63) is 164 Å². The lowest BCUT2D eigenvalue weighted by molar-refractivity contribution is 0.668. The highest BCUT2D eigenvalue weighted by Gasteiger charge is 2.22. The molecule has 0 amide bonds. The molecule has 51 heavy (non-hydrogen) atoms. The Balaban J connectivity index is 1.21. The Kier molecular flexibility index (Phi) is 6.70. The smallest absolute Gasteiger partial charge is 0.164 e. The molecule has 238 valence electrons. The monoisotopic (exact) mass is 653 g/mol. The van der Waals surface area contributed by atoms with Crippen molar-refractivity contribution in [3.8, 4) is 56.5 Å². The van der Waals surface area contributed by atoms with Crippen molar-refractivity contribution in [1.29, 1.82) is 0 Å². The number of hydrogen-bond acceptors (Lipinski definition) is 6. The number of nitrogens with zero attached hydrogens (tertiary/aromatic N) is 5. The number of benzene rings is 6. The first-order chi connectivity index (χ1) is 25.3. The summed E-state index contributed by atoms with van der Waals surface area (Å²) in [5, 5.41) is 5.19. The minimum atomic E-state index is 0.612. The average Bonchev–Trinajstić information content (AvgIpc) is 3.60. The first kappa shape index (κ1) is 28.9. The first-order valence-electron chi connectivity index (χ1n) is 16.8. The molecule has 0 unspecified atom stereocenters. The minimum absolute atomic E-state index is 0.612. The molecule has 0 bridgehead atoms. The summed E-state index contributed by atoms with van der Waals surface area (Å²) in [5.41, 5.74) is 8.94. The third kappa shape index (κ3) is 4.84. The highest BCUT2D eigenvalue weighted by Crippen LogP contribution is 2.44. The molecule has 4 aromatic heterocycles. The zero-order valence-corrected chi connectivity index (χ0v) is 27.2. The summed E-state index contributed by atoms with van der Waals surface area (Å²) in [6.45, 7) is 0. The molecule has 0 aliphatic heterocycles. The first-order valence-corrected chi connectivity index (χ1v) is 16.8. The van der Waals surface area contributed by atoms with Gasteiger partial charge in [-0.3, -0.25) is 9.97 Å². The van der Waals surface area contributed by atoms with Crippen LogP contribution in [0, 0.1) is 0 Å². The van der Waals surface area contributed by atoms with Gasteiger partial charge in [-0.2, -0.15) is 0 Å². The zero-order valence-electron chi connectivity index (χ0n) is 27.2. The Morgan fingerprint density at radius 1 is 0.412 bits per heavy atom. The van der Waals surface area contributed by atoms with Crippen LogP contribution in [-0.4, -0.2) is 24.9 Å². The van der Waals surface area contributed by atoms with Gasteiger partial charge in [0, 0.05) is 56.4 Å². The molecule has 0 aliphatic rings. The fraction of sp³-hybridized carbons (Fsp3) is 0. The van der Waals surface area contributed by atoms with Gasteiger partial charge in [-0.25, -0.2) is 15.0 Å². The van der Waals surface area contributed by atoms with E-state index in [0.29, 0.717) is 17.5 Å². The van der Waals surface area contributed by atoms with E-state index in [-0.39, 0.29) is 0 Å². The highest BCUT2D eigenvalue weighted by atomic mass is 16.3. The maximum atomic E-state index is 6.65. The molecule has 10 aromatic rings. The normalized spacial score (nSPS) is 11.5. The lowest BCUT2D eigenvalue weighted by Gasteiger charge is -2.14. The molecule has 0 atom stereocenters. The average molecular weight is 654 g/mol. The van der Waals surface area contributed by atoms with Crippen LogP contribution in [0.3, 0.4) is 0 Å². The van der Waals surface area contributed by atoms with Crippen LogP contribution in [0.15, 0.2) is 168 Å². The second kappa shape index (κ2) is 11.8. The van der Waals surface area contributed by atoms with Crippen LogP contribution in [0.4, 0.5) is 0 Å². The topological polar surface area (TPSA) is 77.6 Å². The van der Waals surface area contributed by atoms with Gasteiger partial charge in [0.1, 0.15) is 11.3 Å². The molecule has 6 heteroatoms. The molecule has 0 saturated heterocycles. The van der Waals surface area contributed by atoms with Gasteiger partial charge in [0.15, 0.2) is 23.1 Å². The lowest BCUT2D eigenvalue weighted by Crippen LogP contribution is -2.00. The minimum Gasteiger partial charge on any atom is -0.454 e. The lowest BCUT2D eigenvalue weighted by atomic mass is 9.92. The molecule has 0 N–H and O–H groups in total. The van der Waals surface area contributed by atoms with E-state index in [1.165, 1.54) is 0 Å². The van der Waals surface area contributed by atoms with E-state index in [1.54, 1.807) is 0 Å². The van der Waals surface area contributed by atoms with Crippen molar-refractivity contribution in [2.24, 2.45) is 0 Å². The third-order valence-corrected chi connectivity index (χ3v) is 9.45. The van der Waals surface area contributed by atoms with Gasteiger partial charge < -0.3 is 4.42 Å². The number of para-hydroxylation sites is 2. The van der Waals surface area contributed by atoms with E-state index in [2.05, 4.69) is 66.7 Å². The van der Waals surface area contributed by atoms with E-state index in [1.807, 2.05) is 97.3 Å². The van der Waals surface area contributed by atoms with Crippen molar-refractivity contribution >= 4 is 43.6 Å². The van der Waals surface area contributed by atoms with Crippen LogP contribution in [-0.2, 0) is 0 Å². The number of fused-ring (bicyclic) bond motifs is 5. The van der Waals surface area contributed by atoms with E-state index in [4.69, 9.17) is 29.3 Å². The van der Waals surface area contributed by atoms with Gasteiger partial charge in [0.25, 0.3) is 0 Å². The van der Waals surface area contributed by atoms with Crippen molar-refractivity contribution in [3.63, 3.8) is 0 Å². The van der Waals surface area contributed by atoms with Crippen LogP contribution in [0.25, 0.3) is 100 Å². The molecular formula is C45H27N5O. The molecule has 0 spiro atoms. The second-order valence-electron chi connectivity index (χ2n) is 12.4. The zero-order chi connectivity index (χ0) is 33.7. The van der Waals surface area contributed by atoms with Gasteiger partial charge in [-0.15, -0.1) is 0 Å². The SMILES string of the molecule is c1ccc(-c2nc(-c3ccccc3)nc(-c3ccc(-c4cnc(-c5cccc6cccnc56)c5oc6ccccc6c45)c4ccccc34)n2)cc1. The summed E-state index contributed by atoms with van der Waals surface area (Å²) < 4.78 is 6.65. The van der Waals surface area contributed by atoms with E-state index in [9.17, 15) is 0 Å². The number of pyridine rings is 2. The molecule has 0 fully saturated rings. The number of furan rings is 1. The quantitative estimate of drug-likeness (QED) is 0.184. The van der Waals surface area contributed by atoms with Crippen LogP contribution in [0.5, 0.6) is 0 Å². The predicted molar refractivity (Wildman–Crippen MR) is 205 cm³/mol. The van der Waals surface area contributed by atoms with Gasteiger partial charge >= 0.3 is 0 Å². The summed E-state index contributed by atoms with van der Waals surface area (Å²) in [7, 11) is 0. The molecule has 6 aromatic carbocycles. The largest absolute Gasteiger partial charge is 0.454 e. The third-order valence-electron chi connectivity index (χ3n) is 9.45. The maximum Gasteiger partial charge on any atom is 0.164 e. The number of aromatic nitrogens is 5. The van der Waals surface area contributed by atoms with Crippen LogP contribution < -0.4 is 0 Å². The van der Waals surface area contributed by atoms with Gasteiger partial charge in [0.2, 0.25) is 0 Å². The fourth-order valence-electron chi connectivity index (χ4n) is 7.08. The predicted octanol–water partition coefficient (Wildman–Crippen LogP) is 11.2. The van der Waals surface area contributed by atoms with Crippen LogP contribution in [0.1, 0.15) is 0 Å². The van der Waals surface area contributed by atoms with Crippen molar-refractivity contribution < 1.29 is 4.42 Å². The Labute approximate surface area is 292 Å². The second-order valence-corrected chi connectivity index (χ2v) is 12.4. The molecule has 0 saturated carbocycles. The Bertz CT molecular complexity index is 2860. The standard InChI is InChI=1S/C45H27N5O/c1-3-13-29(14-4-1)43-48-44(30-15-5-2-6-16-30)50-45(49-43)34-25-24-33(31-19-7-8-20-32(31)34)37-27-47-41(36-22-11-17-28-18-12-26-46-40(28)36)42-39(37)35-21-9-10-23-38(35)51-42/h1-27H. The van der Waals surface area contributed by atoms with E-state index >= 15 is 0 Å². The summed E-state index contributed by atoms with van der Waals surface area (Å²) in [6.07, 6.45) is 3.80. The fourth-order valence-corrected chi connectivity index (χ4v) is 7.08. The highest BCUT2D eigenvalue weighted by molar-refractivity contribution is 6.19. The Morgan fingerprint density at radius 2 is 1.02 bits per heavy atom. The van der Waals surface area contributed by atoms with Crippen LogP contribution in [0.2, 0.25) is 0 Å². The summed E-state index contributed by atoms with van der Waals surface area (Å²) in [4.78, 5) is 24.8. The van der Waals surface area contributed by atoms with Crippen molar-refractivity contribution in [2.45, 2.75) is 0 Å². The van der Waals surface area contributed by atoms with Crippen LogP contribution >= 0.6 is 0 Å². The summed E-state index contributed by atoms with van der Waals surface area (Å²) >= 11 is 0. The van der Waals surface area contributed by atoms with Crippen molar-refractivity contribution in [1.82, 2.24) is 24.9 Å².